The van der Waals surface area contributed by atoms with E-state index in [1.54, 1.807) is 13.2 Å². The molecule has 0 heterocycles. The van der Waals surface area contributed by atoms with Crippen LogP contribution in [0.1, 0.15) is 24.0 Å². The molecule has 1 saturated carbocycles. The highest BCUT2D eigenvalue weighted by Crippen LogP contribution is 2.53. The van der Waals surface area contributed by atoms with Crippen LogP contribution in [0, 0.1) is 12.7 Å². The number of ether oxygens (including phenoxy) is 1. The molecular formula is C12H15ClFNO. The first-order valence-corrected chi connectivity index (χ1v) is 5.66. The number of methoxy groups -OCH3 is 1. The lowest BCUT2D eigenvalue weighted by Crippen LogP contribution is -2.22. The van der Waals surface area contributed by atoms with Crippen LogP contribution in [0.15, 0.2) is 6.07 Å². The summed E-state index contributed by atoms with van der Waals surface area (Å²) in [7, 11) is 1.55. The molecule has 1 fully saturated rings. The second-order valence-electron chi connectivity index (χ2n) is 4.38. The van der Waals surface area contributed by atoms with Gasteiger partial charge in [0.1, 0.15) is 11.6 Å². The van der Waals surface area contributed by atoms with Crippen molar-refractivity contribution in [1.82, 2.24) is 0 Å². The summed E-state index contributed by atoms with van der Waals surface area (Å²) >= 11 is 5.87. The molecule has 0 aliphatic heterocycles. The Bertz CT molecular complexity index is 430. The van der Waals surface area contributed by atoms with Crippen LogP contribution in [0.2, 0.25) is 5.02 Å². The molecule has 1 aromatic carbocycles. The summed E-state index contributed by atoms with van der Waals surface area (Å²) in [6.07, 6.45) is 1.80. The molecule has 0 spiro atoms. The summed E-state index contributed by atoms with van der Waals surface area (Å²) in [5.41, 5.74) is 6.88. The van der Waals surface area contributed by atoms with Crippen molar-refractivity contribution >= 4 is 11.6 Å². The van der Waals surface area contributed by atoms with Crippen LogP contribution in [0.5, 0.6) is 5.75 Å². The quantitative estimate of drug-likeness (QED) is 0.886. The van der Waals surface area contributed by atoms with Crippen molar-refractivity contribution in [3.05, 3.63) is 28.0 Å². The molecular weight excluding hydrogens is 229 g/mol. The van der Waals surface area contributed by atoms with Crippen molar-refractivity contribution in [1.29, 1.82) is 0 Å². The molecule has 1 aliphatic carbocycles. The number of aryl methyl sites for hydroxylation is 1. The largest absolute Gasteiger partial charge is 0.496 e. The highest BCUT2D eigenvalue weighted by Gasteiger charge is 2.47. The summed E-state index contributed by atoms with van der Waals surface area (Å²) in [6, 6.07) is 1.59. The molecule has 0 radical (unpaired) electrons. The number of rotatable bonds is 3. The van der Waals surface area contributed by atoms with Gasteiger partial charge in [-0.05, 0) is 31.4 Å². The van der Waals surface area contributed by atoms with Crippen molar-refractivity contribution in [2.45, 2.75) is 25.2 Å². The average molecular weight is 244 g/mol. The normalized spacial score (nSPS) is 17.3. The fourth-order valence-electron chi connectivity index (χ4n) is 2.18. The molecule has 16 heavy (non-hydrogen) atoms. The van der Waals surface area contributed by atoms with E-state index < -0.39 is 0 Å². The van der Waals surface area contributed by atoms with Gasteiger partial charge < -0.3 is 10.5 Å². The SMILES string of the molecule is COc1c(C)cc(Cl)c(F)c1C1(CN)CC1. The number of nitrogens with two attached hydrogens (primary N) is 1. The summed E-state index contributed by atoms with van der Waals surface area (Å²) in [5, 5.41) is 0.146. The van der Waals surface area contributed by atoms with Gasteiger partial charge in [-0.25, -0.2) is 4.39 Å². The second-order valence-corrected chi connectivity index (χ2v) is 4.79. The number of hydrogen-bond acceptors (Lipinski definition) is 2. The minimum atomic E-state index is -0.382. The minimum Gasteiger partial charge on any atom is -0.496 e. The third kappa shape index (κ3) is 1.59. The Morgan fingerprint density at radius 2 is 2.19 bits per heavy atom. The predicted molar refractivity (Wildman–Crippen MR) is 62.7 cm³/mol. The zero-order valence-electron chi connectivity index (χ0n) is 9.44. The van der Waals surface area contributed by atoms with E-state index in [4.69, 9.17) is 22.1 Å². The van der Waals surface area contributed by atoms with E-state index in [1.165, 1.54) is 0 Å². The van der Waals surface area contributed by atoms with Gasteiger partial charge in [0, 0.05) is 17.5 Å². The van der Waals surface area contributed by atoms with E-state index in [-0.39, 0.29) is 16.3 Å². The van der Waals surface area contributed by atoms with Gasteiger partial charge in [-0.3, -0.25) is 0 Å². The van der Waals surface area contributed by atoms with E-state index in [0.717, 1.165) is 18.4 Å². The smallest absolute Gasteiger partial charge is 0.149 e. The molecule has 2 rings (SSSR count). The topological polar surface area (TPSA) is 35.2 Å². The van der Waals surface area contributed by atoms with Crippen molar-refractivity contribution < 1.29 is 9.13 Å². The first kappa shape index (κ1) is 11.7. The molecule has 0 saturated heterocycles. The Hall–Kier alpha value is -0.800. The van der Waals surface area contributed by atoms with Crippen LogP contribution in [-0.4, -0.2) is 13.7 Å². The van der Waals surface area contributed by atoms with Gasteiger partial charge in [0.2, 0.25) is 0 Å². The fourth-order valence-corrected chi connectivity index (χ4v) is 2.44. The van der Waals surface area contributed by atoms with E-state index in [2.05, 4.69) is 0 Å². The summed E-state index contributed by atoms with van der Waals surface area (Å²) in [4.78, 5) is 0. The first-order valence-electron chi connectivity index (χ1n) is 5.29. The second kappa shape index (κ2) is 3.90. The number of benzene rings is 1. The van der Waals surface area contributed by atoms with Gasteiger partial charge in [-0.2, -0.15) is 0 Å². The number of hydrogen-bond donors (Lipinski definition) is 1. The summed E-state index contributed by atoms with van der Waals surface area (Å²) in [5.74, 6) is 0.205. The highest BCUT2D eigenvalue weighted by molar-refractivity contribution is 6.31. The maximum absolute atomic E-state index is 14.1. The van der Waals surface area contributed by atoms with Crippen LogP contribution < -0.4 is 10.5 Å². The summed E-state index contributed by atoms with van der Waals surface area (Å²) < 4.78 is 19.4. The maximum atomic E-state index is 14.1. The van der Waals surface area contributed by atoms with Gasteiger partial charge in [-0.15, -0.1) is 0 Å². The van der Waals surface area contributed by atoms with Crippen molar-refractivity contribution in [2.24, 2.45) is 5.73 Å². The van der Waals surface area contributed by atoms with Crippen LogP contribution in [-0.2, 0) is 5.41 Å². The van der Waals surface area contributed by atoms with Crippen molar-refractivity contribution in [2.75, 3.05) is 13.7 Å². The van der Waals surface area contributed by atoms with E-state index in [0.29, 0.717) is 17.9 Å². The maximum Gasteiger partial charge on any atom is 0.149 e. The van der Waals surface area contributed by atoms with Crippen LogP contribution in [0.25, 0.3) is 0 Å². The van der Waals surface area contributed by atoms with Gasteiger partial charge >= 0.3 is 0 Å². The molecule has 1 aliphatic rings. The standard InChI is InChI=1S/C12H15ClFNO/c1-7-5-8(13)10(14)9(11(7)16-2)12(6-15)3-4-12/h5H,3-4,6,15H2,1-2H3. The lowest BCUT2D eigenvalue weighted by atomic mass is 9.92. The molecule has 0 aromatic heterocycles. The van der Waals surface area contributed by atoms with Gasteiger partial charge in [-0.1, -0.05) is 11.6 Å². The Morgan fingerprint density at radius 3 is 2.62 bits per heavy atom. The Morgan fingerprint density at radius 1 is 1.56 bits per heavy atom. The lowest BCUT2D eigenvalue weighted by Gasteiger charge is -2.20. The van der Waals surface area contributed by atoms with Gasteiger partial charge in [0.25, 0.3) is 0 Å². The molecule has 2 nitrogen and oxygen atoms in total. The molecule has 4 heteroatoms. The van der Waals surface area contributed by atoms with Crippen molar-refractivity contribution in [3.63, 3.8) is 0 Å². The Balaban J connectivity index is 2.66. The lowest BCUT2D eigenvalue weighted by molar-refractivity contribution is 0.394. The van der Waals surface area contributed by atoms with E-state index in [9.17, 15) is 4.39 Å². The monoisotopic (exact) mass is 243 g/mol. The predicted octanol–water partition coefficient (Wildman–Crippen LogP) is 2.79. The molecule has 0 amide bonds. The molecule has 0 unspecified atom stereocenters. The van der Waals surface area contributed by atoms with E-state index in [1.807, 2.05) is 6.92 Å². The molecule has 88 valence electrons. The highest BCUT2D eigenvalue weighted by atomic mass is 35.5. The van der Waals surface area contributed by atoms with Crippen LogP contribution in [0.4, 0.5) is 4.39 Å². The minimum absolute atomic E-state index is 0.146. The molecule has 0 atom stereocenters. The number of halogens is 2. The third-order valence-electron chi connectivity index (χ3n) is 3.34. The Labute approximate surface area is 99.5 Å². The third-order valence-corrected chi connectivity index (χ3v) is 3.61. The van der Waals surface area contributed by atoms with E-state index >= 15 is 0 Å². The summed E-state index contributed by atoms with van der Waals surface area (Å²) in [6.45, 7) is 2.29. The molecule has 0 bridgehead atoms. The fraction of sp³-hybridized carbons (Fsp3) is 0.500. The first-order chi connectivity index (χ1) is 7.55. The molecule has 2 N–H and O–H groups in total. The van der Waals surface area contributed by atoms with Crippen LogP contribution >= 0.6 is 11.6 Å². The average Bonchev–Trinajstić information content (AvgIpc) is 3.03. The zero-order chi connectivity index (χ0) is 11.9. The van der Waals surface area contributed by atoms with Gasteiger partial charge in [0.15, 0.2) is 0 Å². The zero-order valence-corrected chi connectivity index (χ0v) is 10.2. The molecule has 1 aromatic rings. The van der Waals surface area contributed by atoms with Crippen LogP contribution in [0.3, 0.4) is 0 Å². The Kier molecular flexibility index (Phi) is 2.84. The van der Waals surface area contributed by atoms with Crippen molar-refractivity contribution in [3.8, 4) is 5.75 Å². The van der Waals surface area contributed by atoms with Gasteiger partial charge in [0.05, 0.1) is 12.1 Å².